The van der Waals surface area contributed by atoms with E-state index in [2.05, 4.69) is 10.3 Å². The van der Waals surface area contributed by atoms with E-state index < -0.39 is 29.8 Å². The van der Waals surface area contributed by atoms with Crippen molar-refractivity contribution in [2.75, 3.05) is 7.05 Å². The SMILES string of the molecule is CNC(=O)c1csc2c(C(F)(F)F)cc(OC3C[C@@H](C)N(C(=O)O)[C@H](C)C3)nc12. The Labute approximate surface area is 168 Å². The monoisotopic (exact) mass is 431 g/mol. The summed E-state index contributed by atoms with van der Waals surface area (Å²) in [6.07, 6.45) is -5.54. The van der Waals surface area contributed by atoms with Crippen LogP contribution in [0.1, 0.15) is 42.6 Å². The van der Waals surface area contributed by atoms with Crippen LogP contribution in [-0.4, -0.2) is 52.2 Å². The van der Waals surface area contributed by atoms with Crippen molar-refractivity contribution >= 4 is 33.6 Å². The first-order chi connectivity index (χ1) is 13.5. The molecule has 0 bridgehead atoms. The van der Waals surface area contributed by atoms with Crippen LogP contribution in [0.25, 0.3) is 10.2 Å². The summed E-state index contributed by atoms with van der Waals surface area (Å²) in [6.45, 7) is 3.45. The topological polar surface area (TPSA) is 91.8 Å². The molecule has 0 unspecified atom stereocenters. The van der Waals surface area contributed by atoms with Crippen LogP contribution in [0.2, 0.25) is 0 Å². The van der Waals surface area contributed by atoms with E-state index in [-0.39, 0.29) is 33.7 Å². The number of hydrogen-bond donors (Lipinski definition) is 2. The first kappa shape index (κ1) is 21.2. The number of pyridine rings is 1. The summed E-state index contributed by atoms with van der Waals surface area (Å²) in [5.74, 6) is -0.771. The number of amides is 2. The summed E-state index contributed by atoms with van der Waals surface area (Å²) in [4.78, 5) is 28.8. The standard InChI is InChI=1S/C18H20F3N3O4S/c1-8-4-10(5-9(2)24(8)17(26)27)28-13-6-12(18(19,20)21)15-14(23-13)11(7-29-15)16(25)22-3/h6-10H,4-5H2,1-3H3,(H,22,25)(H,26,27)/t8-,9-/m1/s1. The van der Waals surface area contributed by atoms with Crippen molar-refractivity contribution in [3.8, 4) is 5.88 Å². The molecular formula is C18H20F3N3O4S. The number of carboxylic acid groups (broad SMARTS) is 1. The number of carbonyl (C=O) groups is 2. The van der Waals surface area contributed by atoms with Crippen molar-refractivity contribution in [2.45, 2.75) is 51.1 Å². The number of nitrogens with one attached hydrogen (secondary N) is 1. The first-order valence-corrected chi connectivity index (χ1v) is 9.80. The summed E-state index contributed by atoms with van der Waals surface area (Å²) in [6, 6.07) is 0.134. The third kappa shape index (κ3) is 4.09. The van der Waals surface area contributed by atoms with Gasteiger partial charge in [0.1, 0.15) is 6.10 Å². The second-order valence-electron chi connectivity index (χ2n) is 7.01. The molecule has 1 aliphatic rings. The quantitative estimate of drug-likeness (QED) is 0.767. The van der Waals surface area contributed by atoms with Gasteiger partial charge in [-0.1, -0.05) is 0 Å². The summed E-state index contributed by atoms with van der Waals surface area (Å²) >= 11 is 0.799. The number of carbonyl (C=O) groups excluding carboxylic acids is 1. The number of thiophene rings is 1. The molecule has 11 heteroatoms. The maximum atomic E-state index is 13.6. The van der Waals surface area contributed by atoms with Gasteiger partial charge in [-0.2, -0.15) is 13.2 Å². The van der Waals surface area contributed by atoms with E-state index >= 15 is 0 Å². The van der Waals surface area contributed by atoms with Gasteiger partial charge < -0.3 is 20.1 Å². The van der Waals surface area contributed by atoms with Crippen LogP contribution in [-0.2, 0) is 6.18 Å². The summed E-state index contributed by atoms with van der Waals surface area (Å²) < 4.78 is 46.4. The predicted molar refractivity (Wildman–Crippen MR) is 100 cm³/mol. The second-order valence-corrected chi connectivity index (χ2v) is 7.89. The number of ether oxygens (including phenoxy) is 1. The van der Waals surface area contributed by atoms with Crippen molar-refractivity contribution in [1.82, 2.24) is 15.2 Å². The Kier molecular flexibility index (Phi) is 5.61. The van der Waals surface area contributed by atoms with Crippen molar-refractivity contribution < 1.29 is 32.6 Å². The molecule has 0 aromatic carbocycles. The highest BCUT2D eigenvalue weighted by molar-refractivity contribution is 7.17. The molecule has 158 valence electrons. The zero-order valence-electron chi connectivity index (χ0n) is 15.9. The maximum Gasteiger partial charge on any atom is 0.418 e. The number of aromatic nitrogens is 1. The lowest BCUT2D eigenvalue weighted by Crippen LogP contribution is -2.51. The number of hydrogen-bond acceptors (Lipinski definition) is 5. The lowest BCUT2D eigenvalue weighted by atomic mass is 9.95. The molecule has 1 aliphatic heterocycles. The highest BCUT2D eigenvalue weighted by Gasteiger charge is 2.38. The minimum Gasteiger partial charge on any atom is -0.474 e. The lowest BCUT2D eigenvalue weighted by molar-refractivity contribution is -0.136. The molecule has 29 heavy (non-hydrogen) atoms. The van der Waals surface area contributed by atoms with Gasteiger partial charge in [0.05, 0.1) is 21.3 Å². The van der Waals surface area contributed by atoms with Gasteiger partial charge in [-0.25, -0.2) is 9.78 Å². The summed E-state index contributed by atoms with van der Waals surface area (Å²) in [5, 5.41) is 13.0. The number of nitrogens with zero attached hydrogens (tertiary/aromatic N) is 2. The van der Waals surface area contributed by atoms with E-state index in [4.69, 9.17) is 4.74 Å². The predicted octanol–water partition coefficient (Wildman–Crippen LogP) is 3.97. The minimum absolute atomic E-state index is 0.0471. The molecule has 3 heterocycles. The van der Waals surface area contributed by atoms with Gasteiger partial charge in [-0.3, -0.25) is 4.79 Å². The van der Waals surface area contributed by atoms with Gasteiger partial charge in [-0.05, 0) is 13.8 Å². The highest BCUT2D eigenvalue weighted by Crippen LogP contribution is 2.40. The van der Waals surface area contributed by atoms with E-state index in [0.717, 1.165) is 17.4 Å². The fourth-order valence-electron chi connectivity index (χ4n) is 3.71. The summed E-state index contributed by atoms with van der Waals surface area (Å²) in [5.41, 5.74) is -0.934. The Balaban J connectivity index is 1.97. The Morgan fingerprint density at radius 1 is 1.31 bits per heavy atom. The zero-order chi connectivity index (χ0) is 21.5. The minimum atomic E-state index is -4.64. The zero-order valence-corrected chi connectivity index (χ0v) is 16.7. The summed E-state index contributed by atoms with van der Waals surface area (Å²) in [7, 11) is 1.38. The molecule has 2 amide bonds. The van der Waals surface area contributed by atoms with E-state index in [1.165, 1.54) is 17.3 Å². The Morgan fingerprint density at radius 3 is 2.45 bits per heavy atom. The molecule has 2 atom stereocenters. The van der Waals surface area contributed by atoms with E-state index in [0.29, 0.717) is 12.8 Å². The number of piperidine rings is 1. The van der Waals surface area contributed by atoms with Crippen molar-refractivity contribution in [1.29, 1.82) is 0 Å². The fraction of sp³-hybridized carbons (Fsp3) is 0.500. The van der Waals surface area contributed by atoms with Gasteiger partial charge in [0.25, 0.3) is 5.91 Å². The van der Waals surface area contributed by atoms with Crippen LogP contribution < -0.4 is 10.1 Å². The van der Waals surface area contributed by atoms with E-state index in [9.17, 15) is 27.9 Å². The van der Waals surface area contributed by atoms with Crippen LogP contribution in [0.4, 0.5) is 18.0 Å². The molecule has 1 fully saturated rings. The third-order valence-corrected chi connectivity index (χ3v) is 5.94. The third-order valence-electron chi connectivity index (χ3n) is 4.94. The van der Waals surface area contributed by atoms with Gasteiger partial charge in [0.2, 0.25) is 5.88 Å². The molecule has 1 saturated heterocycles. The molecule has 2 N–H and O–H groups in total. The normalized spacial score (nSPS) is 22.6. The number of fused-ring (bicyclic) bond motifs is 1. The Morgan fingerprint density at radius 2 is 1.93 bits per heavy atom. The van der Waals surface area contributed by atoms with Crippen LogP contribution in [0.15, 0.2) is 11.4 Å². The fourth-order valence-corrected chi connectivity index (χ4v) is 4.74. The lowest BCUT2D eigenvalue weighted by Gasteiger charge is -2.40. The molecule has 3 rings (SSSR count). The van der Waals surface area contributed by atoms with Gasteiger partial charge >= 0.3 is 12.3 Å². The van der Waals surface area contributed by atoms with Crippen LogP contribution >= 0.6 is 11.3 Å². The molecule has 2 aromatic heterocycles. The Hall–Kier alpha value is -2.56. The van der Waals surface area contributed by atoms with Crippen LogP contribution in [0, 0.1) is 0 Å². The van der Waals surface area contributed by atoms with Crippen molar-refractivity contribution in [2.24, 2.45) is 0 Å². The largest absolute Gasteiger partial charge is 0.474 e. The number of likely N-dealkylation sites (tertiary alicyclic amines) is 1. The first-order valence-electron chi connectivity index (χ1n) is 8.92. The molecular weight excluding hydrogens is 411 g/mol. The van der Waals surface area contributed by atoms with E-state index in [1.54, 1.807) is 13.8 Å². The molecule has 0 radical (unpaired) electrons. The molecule has 0 saturated carbocycles. The maximum absolute atomic E-state index is 13.6. The van der Waals surface area contributed by atoms with Gasteiger partial charge in [0, 0.05) is 43.4 Å². The molecule has 7 nitrogen and oxygen atoms in total. The highest BCUT2D eigenvalue weighted by atomic mass is 32.1. The number of alkyl halides is 3. The number of halogens is 3. The van der Waals surface area contributed by atoms with E-state index in [1.807, 2.05) is 0 Å². The van der Waals surface area contributed by atoms with Crippen molar-refractivity contribution in [3.63, 3.8) is 0 Å². The van der Waals surface area contributed by atoms with Crippen LogP contribution in [0.3, 0.4) is 0 Å². The molecule has 0 aliphatic carbocycles. The van der Waals surface area contributed by atoms with Crippen molar-refractivity contribution in [3.05, 3.63) is 22.6 Å². The number of rotatable bonds is 3. The molecule has 0 spiro atoms. The average Bonchev–Trinajstić information content (AvgIpc) is 3.02. The van der Waals surface area contributed by atoms with Gasteiger partial charge in [-0.15, -0.1) is 11.3 Å². The second kappa shape index (κ2) is 7.69. The average molecular weight is 431 g/mol. The smallest absolute Gasteiger partial charge is 0.418 e. The van der Waals surface area contributed by atoms with Gasteiger partial charge in [0.15, 0.2) is 0 Å². The Bertz CT molecular complexity index is 934. The molecule has 2 aromatic rings. The van der Waals surface area contributed by atoms with Crippen LogP contribution in [0.5, 0.6) is 5.88 Å².